The summed E-state index contributed by atoms with van der Waals surface area (Å²) in [6.45, 7) is 4.74. The zero-order chi connectivity index (χ0) is 18.5. The topological polar surface area (TPSA) is 48.1 Å². The third kappa shape index (κ3) is 3.73. The van der Waals surface area contributed by atoms with Gasteiger partial charge >= 0.3 is 0 Å². The molecule has 3 aromatic rings. The van der Waals surface area contributed by atoms with Gasteiger partial charge in [-0.1, -0.05) is 6.07 Å². The number of nitrogens with zero attached hydrogens (tertiary/aromatic N) is 3. The van der Waals surface area contributed by atoms with E-state index in [0.29, 0.717) is 6.54 Å². The van der Waals surface area contributed by atoms with E-state index in [1.54, 1.807) is 36.9 Å². The first-order valence-electron chi connectivity index (χ1n) is 8.20. The molecule has 26 heavy (non-hydrogen) atoms. The number of aromatic nitrogens is 1. The molecule has 0 aliphatic heterocycles. The second-order valence-corrected chi connectivity index (χ2v) is 7.20. The second kappa shape index (κ2) is 8.33. The molecule has 0 spiro atoms. The average Bonchev–Trinajstić information content (AvgIpc) is 3.32. The molecule has 0 aliphatic carbocycles. The number of hydrogen-bond acceptors (Lipinski definition) is 6. The summed E-state index contributed by atoms with van der Waals surface area (Å²) in [6.07, 6.45) is 0. The quantitative estimate of drug-likeness (QED) is 0.585. The van der Waals surface area contributed by atoms with Gasteiger partial charge in [0, 0.05) is 23.6 Å². The maximum atomic E-state index is 5.58. The molecule has 1 aromatic carbocycles. The van der Waals surface area contributed by atoms with Crippen LogP contribution in [0.3, 0.4) is 0 Å². The van der Waals surface area contributed by atoms with Crippen LogP contribution in [0, 0.1) is 0 Å². The summed E-state index contributed by atoms with van der Waals surface area (Å²) in [4.78, 5) is 6.58. The Morgan fingerprint density at radius 1 is 1.15 bits per heavy atom. The third-order valence-corrected chi connectivity index (χ3v) is 5.62. The van der Waals surface area contributed by atoms with Gasteiger partial charge in [0.15, 0.2) is 0 Å². The minimum absolute atomic E-state index is 0.702. The van der Waals surface area contributed by atoms with Gasteiger partial charge in [-0.15, -0.1) is 22.7 Å². The summed E-state index contributed by atoms with van der Waals surface area (Å²) < 4.78 is 12.8. The number of rotatable bonds is 6. The van der Waals surface area contributed by atoms with Gasteiger partial charge in [-0.2, -0.15) is 5.10 Å². The highest BCUT2D eigenvalue weighted by Crippen LogP contribution is 2.33. The monoisotopic (exact) mass is 387 g/mol. The van der Waals surface area contributed by atoms with Crippen LogP contribution < -0.4 is 14.3 Å². The summed E-state index contributed by atoms with van der Waals surface area (Å²) in [5.74, 6) is 1.49. The number of methoxy groups -OCH3 is 2. The lowest BCUT2D eigenvalue weighted by Crippen LogP contribution is -2.14. The molecule has 7 heteroatoms. The molecular formula is C19H21N3O2S2. The minimum Gasteiger partial charge on any atom is -0.497 e. The Morgan fingerprint density at radius 3 is 2.65 bits per heavy atom. The van der Waals surface area contributed by atoms with Gasteiger partial charge in [0.1, 0.15) is 11.5 Å². The number of benzene rings is 1. The van der Waals surface area contributed by atoms with Gasteiger partial charge in [0.2, 0.25) is 4.80 Å². The number of thiophene rings is 1. The van der Waals surface area contributed by atoms with Crippen molar-refractivity contribution < 1.29 is 9.47 Å². The van der Waals surface area contributed by atoms with Crippen molar-refractivity contribution in [3.8, 4) is 22.8 Å². The highest BCUT2D eigenvalue weighted by atomic mass is 32.1. The van der Waals surface area contributed by atoms with E-state index in [9.17, 15) is 0 Å². The molecule has 3 rings (SSSR count). The highest BCUT2D eigenvalue weighted by molar-refractivity contribution is 7.12. The van der Waals surface area contributed by atoms with Crippen LogP contribution in [0.15, 0.2) is 51.2 Å². The molecule has 2 aromatic heterocycles. The summed E-state index contributed by atoms with van der Waals surface area (Å²) >= 11 is 3.24. The maximum Gasteiger partial charge on any atom is 0.206 e. The van der Waals surface area contributed by atoms with Crippen molar-refractivity contribution >= 4 is 28.4 Å². The summed E-state index contributed by atoms with van der Waals surface area (Å²) in [5.41, 5.74) is 2.84. The molecule has 2 heterocycles. The zero-order valence-electron chi connectivity index (χ0n) is 15.2. The number of thiazole rings is 1. The smallest absolute Gasteiger partial charge is 0.206 e. The molecule has 0 amide bonds. The molecule has 0 atom stereocenters. The molecule has 0 bridgehead atoms. The van der Waals surface area contributed by atoms with Gasteiger partial charge in [0.25, 0.3) is 0 Å². The van der Waals surface area contributed by atoms with Crippen molar-refractivity contribution in [3.05, 3.63) is 50.8 Å². The van der Waals surface area contributed by atoms with Crippen LogP contribution in [-0.2, 0) is 0 Å². The fraction of sp³-hybridized carbons (Fsp3) is 0.263. The Balaban J connectivity index is 2.18. The lowest BCUT2D eigenvalue weighted by atomic mass is 10.1. The zero-order valence-corrected chi connectivity index (χ0v) is 16.9. The molecule has 136 valence electrons. The first-order valence-corrected chi connectivity index (χ1v) is 9.96. The van der Waals surface area contributed by atoms with Crippen molar-refractivity contribution in [1.29, 1.82) is 0 Å². The van der Waals surface area contributed by atoms with Crippen LogP contribution in [0.5, 0.6) is 11.5 Å². The first kappa shape index (κ1) is 18.4. The standard InChI is InChI=1S/C19H21N3O2S2/c1-5-20-19-22(21-13(2)18-7-6-10-25-18)16(12-26-19)15-9-8-14(23-3)11-17(15)24-4/h6-12H,5H2,1-4H3. The van der Waals surface area contributed by atoms with Crippen molar-refractivity contribution in [2.75, 3.05) is 20.8 Å². The average molecular weight is 388 g/mol. The Morgan fingerprint density at radius 2 is 2.00 bits per heavy atom. The van der Waals surface area contributed by atoms with Crippen molar-refractivity contribution in [2.24, 2.45) is 10.1 Å². The van der Waals surface area contributed by atoms with Gasteiger partial charge in [0.05, 0.1) is 30.5 Å². The van der Waals surface area contributed by atoms with Gasteiger partial charge in [-0.3, -0.25) is 4.99 Å². The maximum absolute atomic E-state index is 5.58. The van der Waals surface area contributed by atoms with Crippen molar-refractivity contribution in [1.82, 2.24) is 4.68 Å². The van der Waals surface area contributed by atoms with Gasteiger partial charge in [-0.05, 0) is 37.4 Å². The van der Waals surface area contributed by atoms with E-state index in [1.165, 1.54) is 0 Å². The van der Waals surface area contributed by atoms with Crippen LogP contribution in [0.2, 0.25) is 0 Å². The molecule has 0 saturated carbocycles. The van der Waals surface area contributed by atoms with Crippen LogP contribution >= 0.6 is 22.7 Å². The second-order valence-electron chi connectivity index (χ2n) is 5.42. The molecule has 0 N–H and O–H groups in total. The molecule has 0 aliphatic rings. The Labute approximate surface area is 160 Å². The molecule has 0 radical (unpaired) electrons. The molecule has 0 saturated heterocycles. The number of ether oxygens (including phenoxy) is 2. The first-order chi connectivity index (χ1) is 12.7. The van der Waals surface area contributed by atoms with E-state index in [-0.39, 0.29) is 0 Å². The van der Waals surface area contributed by atoms with Crippen LogP contribution in [0.1, 0.15) is 18.7 Å². The summed E-state index contributed by atoms with van der Waals surface area (Å²) in [7, 11) is 3.30. The van der Waals surface area contributed by atoms with Crippen molar-refractivity contribution in [3.63, 3.8) is 0 Å². The van der Waals surface area contributed by atoms with E-state index in [4.69, 9.17) is 14.6 Å². The fourth-order valence-corrected chi connectivity index (χ4v) is 4.08. The highest BCUT2D eigenvalue weighted by Gasteiger charge is 2.14. The summed E-state index contributed by atoms with van der Waals surface area (Å²) in [6, 6.07) is 9.89. The van der Waals surface area contributed by atoms with E-state index in [1.807, 2.05) is 42.8 Å². The predicted molar refractivity (Wildman–Crippen MR) is 109 cm³/mol. The number of hydrogen-bond donors (Lipinski definition) is 0. The Hall–Kier alpha value is -2.38. The normalized spacial score (nSPS) is 12.5. The molecular weight excluding hydrogens is 366 g/mol. The fourth-order valence-electron chi connectivity index (χ4n) is 2.52. The lowest BCUT2D eigenvalue weighted by molar-refractivity contribution is 0.395. The largest absolute Gasteiger partial charge is 0.497 e. The van der Waals surface area contributed by atoms with Gasteiger partial charge in [-0.25, -0.2) is 4.68 Å². The van der Waals surface area contributed by atoms with E-state index < -0.39 is 0 Å². The molecule has 0 unspecified atom stereocenters. The van der Waals surface area contributed by atoms with Crippen LogP contribution in [0.25, 0.3) is 11.3 Å². The molecule has 0 fully saturated rings. The molecule has 5 nitrogen and oxygen atoms in total. The van der Waals surface area contributed by atoms with Gasteiger partial charge < -0.3 is 9.47 Å². The predicted octanol–water partition coefficient (Wildman–Crippen LogP) is 4.49. The van der Waals surface area contributed by atoms with E-state index in [2.05, 4.69) is 21.8 Å². The van der Waals surface area contributed by atoms with E-state index >= 15 is 0 Å². The van der Waals surface area contributed by atoms with E-state index in [0.717, 1.165) is 38.1 Å². The SMILES string of the molecule is CCN=c1scc(-c2ccc(OC)cc2OC)n1N=C(C)c1cccs1. The third-order valence-electron chi connectivity index (χ3n) is 3.79. The lowest BCUT2D eigenvalue weighted by Gasteiger charge is -2.11. The summed E-state index contributed by atoms with van der Waals surface area (Å²) in [5, 5.41) is 8.96. The van der Waals surface area contributed by atoms with Crippen LogP contribution in [0.4, 0.5) is 0 Å². The minimum atomic E-state index is 0.702. The Kier molecular flexibility index (Phi) is 5.90. The van der Waals surface area contributed by atoms with Crippen molar-refractivity contribution in [2.45, 2.75) is 13.8 Å². The van der Waals surface area contributed by atoms with Crippen LogP contribution in [-0.4, -0.2) is 31.2 Å². The Bertz CT molecular complexity index is 969.